The molecule has 0 bridgehead atoms. The van der Waals surface area contributed by atoms with Gasteiger partial charge in [0.05, 0.1) is 21.1 Å². The first-order chi connectivity index (χ1) is 13.2. The topological polar surface area (TPSA) is 80.5 Å². The average molecular weight is 396 g/mol. The number of nitro benzene ring substituents is 1. The summed E-state index contributed by atoms with van der Waals surface area (Å²) in [5, 5.41) is 11.0. The van der Waals surface area contributed by atoms with Gasteiger partial charge in [-0.3, -0.25) is 19.7 Å². The van der Waals surface area contributed by atoms with E-state index in [1.807, 2.05) is 45.9 Å². The monoisotopic (exact) mass is 396 g/mol. The fourth-order valence-electron chi connectivity index (χ4n) is 3.04. The molecule has 144 valence electrons. The summed E-state index contributed by atoms with van der Waals surface area (Å²) < 4.78 is 0. The lowest BCUT2D eigenvalue weighted by molar-refractivity contribution is -0.384. The van der Waals surface area contributed by atoms with Crippen molar-refractivity contribution in [1.29, 1.82) is 0 Å². The molecule has 2 aromatic rings. The van der Waals surface area contributed by atoms with E-state index in [0.29, 0.717) is 21.7 Å². The van der Waals surface area contributed by atoms with Crippen LogP contribution in [-0.2, 0) is 9.59 Å². The van der Waals surface area contributed by atoms with Gasteiger partial charge in [-0.25, -0.2) is 4.90 Å². The molecule has 0 spiro atoms. The van der Waals surface area contributed by atoms with Crippen LogP contribution in [0.5, 0.6) is 0 Å². The van der Waals surface area contributed by atoms with Crippen LogP contribution in [0.1, 0.15) is 30.5 Å². The van der Waals surface area contributed by atoms with Crippen LogP contribution < -0.4 is 4.90 Å². The maximum Gasteiger partial charge on any atom is 0.272 e. The number of nitro groups is 1. The molecule has 0 aromatic heterocycles. The average Bonchev–Trinajstić information content (AvgIpc) is 2.87. The van der Waals surface area contributed by atoms with Crippen molar-refractivity contribution in [2.75, 3.05) is 4.90 Å². The van der Waals surface area contributed by atoms with E-state index in [-0.39, 0.29) is 16.8 Å². The van der Waals surface area contributed by atoms with Gasteiger partial charge in [-0.2, -0.15) is 0 Å². The third-order valence-electron chi connectivity index (χ3n) is 4.37. The molecule has 0 fully saturated rings. The minimum absolute atomic E-state index is 0.0643. The smallest absolute Gasteiger partial charge is 0.268 e. The fraction of sp³-hybridized carbons (Fsp3) is 0.238. The number of amides is 2. The summed E-state index contributed by atoms with van der Waals surface area (Å²) >= 11 is 1.33. The van der Waals surface area contributed by atoms with Gasteiger partial charge >= 0.3 is 0 Å². The summed E-state index contributed by atoms with van der Waals surface area (Å²) in [6.07, 6.45) is 0. The summed E-state index contributed by atoms with van der Waals surface area (Å²) in [7, 11) is 0. The molecule has 0 unspecified atom stereocenters. The number of benzene rings is 2. The normalized spacial score (nSPS) is 14.4. The summed E-state index contributed by atoms with van der Waals surface area (Å²) in [6, 6.07) is 11.4. The second-order valence-corrected chi connectivity index (χ2v) is 8.50. The van der Waals surface area contributed by atoms with Gasteiger partial charge in [0.25, 0.3) is 17.5 Å². The number of hydrogen-bond acceptors (Lipinski definition) is 5. The Kier molecular flexibility index (Phi) is 5.38. The van der Waals surface area contributed by atoms with Crippen molar-refractivity contribution in [3.8, 4) is 0 Å². The van der Waals surface area contributed by atoms with E-state index in [1.165, 1.54) is 40.9 Å². The zero-order chi connectivity index (χ0) is 20.6. The highest BCUT2D eigenvalue weighted by molar-refractivity contribution is 8.04. The van der Waals surface area contributed by atoms with E-state index in [2.05, 4.69) is 0 Å². The zero-order valence-corrected chi connectivity index (χ0v) is 16.9. The summed E-state index contributed by atoms with van der Waals surface area (Å²) in [5.74, 6) is -0.763. The molecule has 3 rings (SSSR count). The summed E-state index contributed by atoms with van der Waals surface area (Å²) in [6.45, 7) is 7.66. The highest BCUT2D eigenvalue weighted by atomic mass is 32.2. The minimum Gasteiger partial charge on any atom is -0.268 e. The van der Waals surface area contributed by atoms with Gasteiger partial charge in [-0.15, -0.1) is 11.8 Å². The second kappa shape index (κ2) is 7.59. The molecule has 0 saturated carbocycles. The first-order valence-electron chi connectivity index (χ1n) is 8.82. The Morgan fingerprint density at radius 3 is 2.21 bits per heavy atom. The molecule has 0 N–H and O–H groups in total. The third kappa shape index (κ3) is 3.57. The van der Waals surface area contributed by atoms with E-state index in [0.717, 1.165) is 11.1 Å². The predicted octanol–water partition coefficient (Wildman–Crippen LogP) is 4.64. The Morgan fingerprint density at radius 1 is 1.00 bits per heavy atom. The highest BCUT2D eigenvalue weighted by Crippen LogP contribution is 2.41. The number of anilines is 1. The molecule has 0 aliphatic carbocycles. The van der Waals surface area contributed by atoms with Crippen molar-refractivity contribution in [2.45, 2.75) is 32.9 Å². The van der Waals surface area contributed by atoms with Crippen LogP contribution in [0.3, 0.4) is 0 Å². The Balaban J connectivity index is 2.12. The lowest BCUT2D eigenvalue weighted by atomic mass is 10.1. The number of imide groups is 1. The summed E-state index contributed by atoms with van der Waals surface area (Å²) in [4.78, 5) is 38.5. The van der Waals surface area contributed by atoms with Gasteiger partial charge in [0.15, 0.2) is 0 Å². The number of aryl methyl sites for hydroxylation is 2. The Labute approximate surface area is 167 Å². The van der Waals surface area contributed by atoms with Gasteiger partial charge in [0.1, 0.15) is 0 Å². The molecule has 1 aliphatic rings. The van der Waals surface area contributed by atoms with Gasteiger partial charge in [-0.1, -0.05) is 26.0 Å². The number of carbonyl (C=O) groups is 2. The van der Waals surface area contributed by atoms with Crippen LogP contribution in [0.4, 0.5) is 11.4 Å². The maximum atomic E-state index is 13.3. The molecule has 7 heteroatoms. The third-order valence-corrected chi connectivity index (χ3v) is 5.45. The lowest BCUT2D eigenvalue weighted by Gasteiger charge is -2.18. The van der Waals surface area contributed by atoms with Crippen molar-refractivity contribution in [3.05, 3.63) is 74.2 Å². The number of non-ortho nitro benzene ring substituents is 1. The second-order valence-electron chi connectivity index (χ2n) is 6.91. The van der Waals surface area contributed by atoms with Crippen molar-refractivity contribution in [2.24, 2.45) is 0 Å². The van der Waals surface area contributed by atoms with Crippen LogP contribution in [0.2, 0.25) is 0 Å². The number of nitrogens with zero attached hydrogens (tertiary/aromatic N) is 2. The van der Waals surface area contributed by atoms with Crippen molar-refractivity contribution < 1.29 is 14.5 Å². The van der Waals surface area contributed by atoms with Crippen molar-refractivity contribution in [1.82, 2.24) is 0 Å². The molecule has 0 atom stereocenters. The maximum absolute atomic E-state index is 13.3. The van der Waals surface area contributed by atoms with Crippen LogP contribution in [0, 0.1) is 24.0 Å². The molecule has 28 heavy (non-hydrogen) atoms. The Bertz CT molecular complexity index is 1010. The van der Waals surface area contributed by atoms with Crippen molar-refractivity contribution >= 4 is 40.5 Å². The molecular weight excluding hydrogens is 376 g/mol. The van der Waals surface area contributed by atoms with Gasteiger partial charge in [0.2, 0.25) is 0 Å². The fourth-order valence-corrected chi connectivity index (χ4v) is 4.02. The van der Waals surface area contributed by atoms with Gasteiger partial charge in [0, 0.05) is 17.4 Å². The van der Waals surface area contributed by atoms with E-state index in [9.17, 15) is 19.7 Å². The highest BCUT2D eigenvalue weighted by Gasteiger charge is 2.41. The molecule has 2 aromatic carbocycles. The Morgan fingerprint density at radius 2 is 1.64 bits per heavy atom. The quantitative estimate of drug-likeness (QED) is 0.418. The van der Waals surface area contributed by atoms with Crippen LogP contribution in [0.25, 0.3) is 5.57 Å². The van der Waals surface area contributed by atoms with E-state index in [4.69, 9.17) is 0 Å². The van der Waals surface area contributed by atoms with Gasteiger partial charge in [-0.05, 0) is 48.7 Å². The predicted molar refractivity (Wildman–Crippen MR) is 111 cm³/mol. The molecular formula is C21H20N2O4S. The first kappa shape index (κ1) is 19.8. The zero-order valence-electron chi connectivity index (χ0n) is 16.1. The van der Waals surface area contributed by atoms with E-state index < -0.39 is 10.8 Å². The molecule has 0 radical (unpaired) electrons. The van der Waals surface area contributed by atoms with Crippen LogP contribution in [-0.4, -0.2) is 22.0 Å². The molecule has 0 saturated heterocycles. The largest absolute Gasteiger partial charge is 0.272 e. The molecule has 2 amide bonds. The SMILES string of the molecule is Cc1ccc(C)c(N2C(=O)C(SC(C)C)=C(c3ccc([N+](=O)[O-])cc3)C2=O)c1. The van der Waals surface area contributed by atoms with Crippen LogP contribution in [0.15, 0.2) is 47.4 Å². The van der Waals surface area contributed by atoms with E-state index >= 15 is 0 Å². The van der Waals surface area contributed by atoms with Crippen LogP contribution >= 0.6 is 11.8 Å². The van der Waals surface area contributed by atoms with Gasteiger partial charge < -0.3 is 0 Å². The number of rotatable bonds is 5. The first-order valence-corrected chi connectivity index (χ1v) is 9.70. The number of thioether (sulfide) groups is 1. The molecule has 6 nitrogen and oxygen atoms in total. The summed E-state index contributed by atoms with van der Waals surface area (Å²) in [5.41, 5.74) is 3.06. The lowest BCUT2D eigenvalue weighted by Crippen LogP contribution is -2.32. The van der Waals surface area contributed by atoms with Crippen molar-refractivity contribution in [3.63, 3.8) is 0 Å². The molecule has 1 heterocycles. The number of carbonyl (C=O) groups excluding carboxylic acids is 2. The van der Waals surface area contributed by atoms with E-state index in [1.54, 1.807) is 0 Å². The number of hydrogen-bond donors (Lipinski definition) is 0. The Hall–Kier alpha value is -2.93. The standard InChI is InChI=1S/C21H20N2O4S/c1-12(2)28-19-18(15-7-9-16(10-8-15)23(26)27)20(24)22(21(19)25)17-11-13(3)5-6-14(17)4/h5-12H,1-4H3. The molecule has 1 aliphatic heterocycles. The minimum atomic E-state index is -0.494.